The number of alkyl halides is 3. The van der Waals surface area contributed by atoms with Crippen LogP contribution >= 0.6 is 11.8 Å². The molecule has 1 heterocycles. The third kappa shape index (κ3) is 6.44. The molecule has 3 rings (SSSR count). The molecule has 34 heavy (non-hydrogen) atoms. The number of hydrogen-bond donors (Lipinski definition) is 2. The number of ether oxygens (including phenoxy) is 2. The molecule has 1 aromatic heterocycles. The second-order valence-electron chi connectivity index (χ2n) is 6.88. The first-order valence-electron chi connectivity index (χ1n) is 9.97. The molecule has 0 spiro atoms. The highest BCUT2D eigenvalue weighted by Crippen LogP contribution is 2.26. The Kier molecular flexibility index (Phi) is 8.06. The number of halogens is 3. The van der Waals surface area contributed by atoms with Gasteiger partial charge in [0.25, 0.3) is 5.91 Å². The maximum Gasteiger partial charge on any atom is 0.573 e. The highest BCUT2D eigenvalue weighted by atomic mass is 32.2. The van der Waals surface area contributed by atoms with Crippen molar-refractivity contribution in [3.63, 3.8) is 0 Å². The van der Waals surface area contributed by atoms with E-state index in [2.05, 4.69) is 26.9 Å². The van der Waals surface area contributed by atoms with E-state index >= 15 is 0 Å². The van der Waals surface area contributed by atoms with Gasteiger partial charge in [-0.1, -0.05) is 6.58 Å². The van der Waals surface area contributed by atoms with Gasteiger partial charge < -0.3 is 20.1 Å². The minimum atomic E-state index is -4.78. The number of benzene rings is 2. The van der Waals surface area contributed by atoms with E-state index in [4.69, 9.17) is 4.74 Å². The maximum absolute atomic E-state index is 12.8. The molecule has 6 nitrogen and oxygen atoms in total. The first-order chi connectivity index (χ1) is 16.2. The molecule has 178 valence electrons. The summed E-state index contributed by atoms with van der Waals surface area (Å²) in [6.07, 6.45) is 0.204. The molecule has 0 bridgehead atoms. The second kappa shape index (κ2) is 11.0. The van der Waals surface area contributed by atoms with Crippen LogP contribution in [0.5, 0.6) is 11.5 Å². The van der Waals surface area contributed by atoms with E-state index in [-0.39, 0.29) is 5.75 Å². The lowest BCUT2D eigenvalue weighted by molar-refractivity contribution is -0.274. The van der Waals surface area contributed by atoms with Gasteiger partial charge in [0.2, 0.25) is 0 Å². The molecule has 2 aromatic carbocycles. The van der Waals surface area contributed by atoms with Gasteiger partial charge in [-0.2, -0.15) is 0 Å². The van der Waals surface area contributed by atoms with Crippen LogP contribution in [-0.4, -0.2) is 30.6 Å². The summed E-state index contributed by atoms with van der Waals surface area (Å²) in [5, 5.41) is 6.82. The Morgan fingerprint density at radius 3 is 2.47 bits per heavy atom. The number of rotatable bonds is 9. The zero-order valence-corrected chi connectivity index (χ0v) is 19.2. The van der Waals surface area contributed by atoms with Crippen LogP contribution in [0.25, 0.3) is 10.9 Å². The SMILES string of the molecule is C=C/C(NCc1ccnc2ccc(OC)cc12)=C(\SC)C(=O)Nc1ccc(OC(F)(F)F)cc1. The van der Waals surface area contributed by atoms with Crippen LogP contribution in [0.4, 0.5) is 18.9 Å². The van der Waals surface area contributed by atoms with Gasteiger partial charge in [0, 0.05) is 23.8 Å². The average Bonchev–Trinajstić information content (AvgIpc) is 2.81. The summed E-state index contributed by atoms with van der Waals surface area (Å²) < 4.78 is 46.1. The third-order valence-corrected chi connectivity index (χ3v) is 5.53. The molecule has 0 saturated carbocycles. The number of carbonyl (C=O) groups excluding carboxylic acids is 1. The first-order valence-corrected chi connectivity index (χ1v) is 11.2. The molecule has 0 aliphatic heterocycles. The van der Waals surface area contributed by atoms with Crippen LogP contribution in [0.15, 0.2) is 78.0 Å². The molecule has 0 fully saturated rings. The van der Waals surface area contributed by atoms with Crippen LogP contribution in [0.2, 0.25) is 0 Å². The normalized spacial score (nSPS) is 12.0. The topological polar surface area (TPSA) is 72.5 Å². The third-order valence-electron chi connectivity index (χ3n) is 4.71. The Balaban J connectivity index is 1.76. The van der Waals surface area contributed by atoms with E-state index in [9.17, 15) is 18.0 Å². The Morgan fingerprint density at radius 1 is 1.15 bits per heavy atom. The quantitative estimate of drug-likeness (QED) is 0.300. The van der Waals surface area contributed by atoms with E-state index in [1.807, 2.05) is 24.3 Å². The lowest BCUT2D eigenvalue weighted by atomic mass is 10.1. The Morgan fingerprint density at radius 2 is 1.85 bits per heavy atom. The smallest absolute Gasteiger partial charge is 0.497 e. The fourth-order valence-corrected chi connectivity index (χ4v) is 3.76. The highest BCUT2D eigenvalue weighted by molar-refractivity contribution is 8.03. The number of nitrogens with one attached hydrogen (secondary N) is 2. The minimum absolute atomic E-state index is 0.321. The van der Waals surface area contributed by atoms with Crippen molar-refractivity contribution >= 4 is 34.3 Å². The lowest BCUT2D eigenvalue weighted by Gasteiger charge is -2.15. The number of nitrogens with zero attached hydrogens (tertiary/aromatic N) is 1. The lowest BCUT2D eigenvalue weighted by Crippen LogP contribution is -2.20. The van der Waals surface area contributed by atoms with E-state index in [0.717, 1.165) is 28.6 Å². The molecule has 1 amide bonds. The maximum atomic E-state index is 12.8. The summed E-state index contributed by atoms with van der Waals surface area (Å²) >= 11 is 1.21. The number of anilines is 1. The van der Waals surface area contributed by atoms with E-state index in [0.29, 0.717) is 28.6 Å². The Labute approximate surface area is 198 Å². The minimum Gasteiger partial charge on any atom is -0.497 e. The summed E-state index contributed by atoms with van der Waals surface area (Å²) in [7, 11) is 1.59. The van der Waals surface area contributed by atoms with Gasteiger partial charge in [-0.15, -0.1) is 24.9 Å². The van der Waals surface area contributed by atoms with Crippen LogP contribution in [0.1, 0.15) is 5.56 Å². The zero-order valence-electron chi connectivity index (χ0n) is 18.4. The number of fused-ring (bicyclic) bond motifs is 1. The average molecular weight is 490 g/mol. The molecule has 0 atom stereocenters. The fourth-order valence-electron chi connectivity index (χ4n) is 3.15. The van der Waals surface area contributed by atoms with Gasteiger partial charge in [-0.25, -0.2) is 0 Å². The number of amides is 1. The number of hydrogen-bond acceptors (Lipinski definition) is 6. The van der Waals surface area contributed by atoms with Gasteiger partial charge in [-0.05, 0) is 66.4 Å². The van der Waals surface area contributed by atoms with Gasteiger partial charge in [0.1, 0.15) is 11.5 Å². The molecule has 0 unspecified atom stereocenters. The van der Waals surface area contributed by atoms with Crippen molar-refractivity contribution in [1.82, 2.24) is 10.3 Å². The summed E-state index contributed by atoms with van der Waals surface area (Å²) in [6, 6.07) is 12.4. The molecule has 2 N–H and O–H groups in total. The summed E-state index contributed by atoms with van der Waals surface area (Å²) in [5.41, 5.74) is 2.59. The molecule has 0 aliphatic carbocycles. The number of carbonyl (C=O) groups is 1. The van der Waals surface area contributed by atoms with Crippen LogP contribution in [0.3, 0.4) is 0 Å². The van der Waals surface area contributed by atoms with Crippen LogP contribution < -0.4 is 20.1 Å². The Bertz CT molecular complexity index is 1210. The predicted octanol–water partition coefficient (Wildman–Crippen LogP) is 5.63. The number of pyridine rings is 1. The molecule has 0 saturated heterocycles. The molecule has 3 aromatic rings. The van der Waals surface area contributed by atoms with E-state index < -0.39 is 12.3 Å². The Hall–Kier alpha value is -3.66. The predicted molar refractivity (Wildman–Crippen MR) is 128 cm³/mol. The van der Waals surface area contributed by atoms with Crippen molar-refractivity contribution in [2.75, 3.05) is 18.7 Å². The first kappa shape index (κ1) is 25.0. The van der Waals surface area contributed by atoms with Gasteiger partial charge >= 0.3 is 6.36 Å². The van der Waals surface area contributed by atoms with Crippen molar-refractivity contribution in [2.24, 2.45) is 0 Å². The van der Waals surface area contributed by atoms with Gasteiger partial charge in [0.05, 0.1) is 23.2 Å². The summed E-state index contributed by atoms with van der Waals surface area (Å²) in [5.74, 6) is -0.0986. The van der Waals surface area contributed by atoms with Gasteiger partial charge in [-0.3, -0.25) is 9.78 Å². The second-order valence-corrected chi connectivity index (χ2v) is 7.70. The summed E-state index contributed by atoms with van der Waals surface area (Å²) in [4.78, 5) is 17.6. The van der Waals surface area contributed by atoms with Crippen LogP contribution in [-0.2, 0) is 11.3 Å². The number of thioether (sulfide) groups is 1. The largest absolute Gasteiger partial charge is 0.573 e. The monoisotopic (exact) mass is 489 g/mol. The van der Waals surface area contributed by atoms with Crippen molar-refractivity contribution in [3.05, 3.63) is 83.5 Å². The van der Waals surface area contributed by atoms with E-state index in [1.54, 1.807) is 19.6 Å². The molecule has 0 radical (unpaired) electrons. The molecular formula is C24H22F3N3O3S. The number of allylic oxidation sites excluding steroid dienone is 1. The fraction of sp³-hybridized carbons (Fsp3) is 0.167. The van der Waals surface area contributed by atoms with E-state index in [1.165, 1.54) is 30.0 Å². The zero-order chi connectivity index (χ0) is 24.7. The summed E-state index contributed by atoms with van der Waals surface area (Å²) in [6.45, 7) is 4.20. The van der Waals surface area contributed by atoms with Crippen molar-refractivity contribution < 1.29 is 27.4 Å². The highest BCUT2D eigenvalue weighted by Gasteiger charge is 2.31. The molecule has 10 heteroatoms. The van der Waals surface area contributed by atoms with Crippen molar-refractivity contribution in [1.29, 1.82) is 0 Å². The number of aromatic nitrogens is 1. The standard InChI is InChI=1S/C24H22F3N3O3S/c1-4-20(29-14-15-11-12-28-21-10-9-18(32-2)13-19(15)21)22(34-3)23(31)30-16-5-7-17(8-6-16)33-24(25,26)27/h4-13,29H,1,14H2,2-3H3,(H,30,31)/b22-20+. The van der Waals surface area contributed by atoms with Gasteiger partial charge in [0.15, 0.2) is 0 Å². The van der Waals surface area contributed by atoms with Crippen molar-refractivity contribution in [3.8, 4) is 11.5 Å². The number of methoxy groups -OCH3 is 1. The van der Waals surface area contributed by atoms with Crippen molar-refractivity contribution in [2.45, 2.75) is 12.9 Å². The molecular weight excluding hydrogens is 467 g/mol. The van der Waals surface area contributed by atoms with Crippen LogP contribution in [0, 0.1) is 0 Å². The molecule has 0 aliphatic rings.